The Labute approximate surface area is 225 Å². The van der Waals surface area contributed by atoms with Gasteiger partial charge in [-0.3, -0.25) is 19.4 Å². The van der Waals surface area contributed by atoms with Crippen molar-refractivity contribution in [2.75, 3.05) is 49.5 Å². The predicted octanol–water partition coefficient (Wildman–Crippen LogP) is 4.17. The van der Waals surface area contributed by atoms with Gasteiger partial charge in [-0.05, 0) is 49.9 Å². The Bertz CT molecular complexity index is 1100. The Balaban J connectivity index is 1.19. The number of hydrogen-bond donors (Lipinski definition) is 2. The zero-order valence-electron chi connectivity index (χ0n) is 22.4. The lowest BCUT2D eigenvalue weighted by molar-refractivity contribution is -0.128. The summed E-state index contributed by atoms with van der Waals surface area (Å²) < 4.78 is 15.2. The predicted molar refractivity (Wildman–Crippen MR) is 149 cm³/mol. The molecule has 2 atom stereocenters. The van der Waals surface area contributed by atoms with Crippen LogP contribution in [0.3, 0.4) is 0 Å². The molecule has 2 N–H and O–H groups in total. The minimum absolute atomic E-state index is 0.00746. The van der Waals surface area contributed by atoms with Gasteiger partial charge in [0.25, 0.3) is 0 Å². The minimum Gasteiger partial charge on any atom is -0.367 e. The van der Waals surface area contributed by atoms with Gasteiger partial charge in [-0.2, -0.15) is 0 Å². The fraction of sp³-hybridized carbons (Fsp3) is 0.533. The van der Waals surface area contributed by atoms with Crippen LogP contribution < -0.4 is 15.5 Å². The highest BCUT2D eigenvalue weighted by atomic mass is 19.1. The van der Waals surface area contributed by atoms with E-state index in [2.05, 4.69) is 20.4 Å². The molecule has 204 valence electrons. The molecule has 0 bridgehead atoms. The first kappa shape index (κ1) is 26.6. The van der Waals surface area contributed by atoms with E-state index in [1.807, 2.05) is 42.2 Å². The quantitative estimate of drug-likeness (QED) is 0.546. The van der Waals surface area contributed by atoms with Crippen LogP contribution in [0, 0.1) is 5.82 Å². The van der Waals surface area contributed by atoms with Crippen LogP contribution >= 0.6 is 0 Å². The summed E-state index contributed by atoms with van der Waals surface area (Å²) in [4.78, 5) is 32.4. The van der Waals surface area contributed by atoms with E-state index >= 15 is 4.39 Å². The first-order valence-corrected chi connectivity index (χ1v) is 14.2. The van der Waals surface area contributed by atoms with Gasteiger partial charge in [0.05, 0.1) is 11.7 Å². The van der Waals surface area contributed by atoms with Crippen molar-refractivity contribution in [3.05, 3.63) is 59.9 Å². The molecule has 1 saturated carbocycles. The molecule has 2 unspecified atom stereocenters. The molecular weight excluding hydrogens is 481 g/mol. The molecule has 38 heavy (non-hydrogen) atoms. The van der Waals surface area contributed by atoms with E-state index in [0.29, 0.717) is 50.1 Å². The van der Waals surface area contributed by atoms with Crippen molar-refractivity contribution in [2.45, 2.75) is 63.6 Å². The molecule has 0 spiro atoms. The normalized spacial score (nSPS) is 21.9. The van der Waals surface area contributed by atoms with Crippen LogP contribution in [0.25, 0.3) is 0 Å². The number of piperazine rings is 1. The van der Waals surface area contributed by atoms with E-state index in [-0.39, 0.29) is 29.7 Å². The molecule has 3 fully saturated rings. The number of nitrogens with one attached hydrogen (secondary N) is 2. The number of carbonyl (C=O) groups is 2. The number of halogens is 1. The van der Waals surface area contributed by atoms with Crippen LogP contribution in [0.1, 0.15) is 57.1 Å². The second kappa shape index (κ2) is 12.3. The summed E-state index contributed by atoms with van der Waals surface area (Å²) in [6, 6.07) is 14.9. The molecule has 7 nitrogen and oxygen atoms in total. The lowest BCUT2D eigenvalue weighted by atomic mass is 9.89. The zero-order valence-corrected chi connectivity index (χ0v) is 22.4. The van der Waals surface area contributed by atoms with Gasteiger partial charge in [-0.15, -0.1) is 0 Å². The maximum absolute atomic E-state index is 15.2. The fourth-order valence-corrected chi connectivity index (χ4v) is 6.26. The van der Waals surface area contributed by atoms with Crippen LogP contribution in [0.15, 0.2) is 48.5 Å². The number of hydrogen-bond acceptors (Lipinski definition) is 5. The molecular formula is C30H40FN5O2. The number of anilines is 2. The second-order valence-corrected chi connectivity index (χ2v) is 10.7. The minimum atomic E-state index is -0.361. The third-order valence-electron chi connectivity index (χ3n) is 8.36. The Hall–Kier alpha value is -2.97. The van der Waals surface area contributed by atoms with Crippen molar-refractivity contribution in [1.29, 1.82) is 0 Å². The molecule has 2 amide bonds. The SMILES string of the molecule is CCNC(=O)C(c1ccccc1)N1CCN(c2ccc(NC(=O)C3CCN3C3CCCCC3)cc2F)CC1. The Morgan fingerprint density at radius 2 is 1.68 bits per heavy atom. The molecule has 1 aliphatic carbocycles. The monoisotopic (exact) mass is 521 g/mol. The van der Waals surface area contributed by atoms with Crippen molar-refractivity contribution >= 4 is 23.2 Å². The molecule has 2 aromatic carbocycles. The van der Waals surface area contributed by atoms with Crippen LogP contribution in [-0.4, -0.2) is 73.0 Å². The third-order valence-corrected chi connectivity index (χ3v) is 8.36. The Kier molecular flexibility index (Phi) is 8.59. The van der Waals surface area contributed by atoms with Crippen molar-refractivity contribution in [2.24, 2.45) is 0 Å². The standard InChI is InChI=1S/C30H40FN5O2/c1-2-32-30(38)28(22-9-5-3-6-10-22)35-19-17-34(18-20-35)26-14-13-23(21-25(26)31)33-29(37)27-15-16-36(27)24-11-7-4-8-12-24/h3,5-6,9-10,13-14,21,24,27-28H,2,4,7-8,11-12,15-20H2,1H3,(H,32,38)(H,33,37). The van der Waals surface area contributed by atoms with Gasteiger partial charge in [0.2, 0.25) is 11.8 Å². The highest BCUT2D eigenvalue weighted by Gasteiger charge is 2.39. The van der Waals surface area contributed by atoms with Crippen LogP contribution in [-0.2, 0) is 9.59 Å². The lowest BCUT2D eigenvalue weighted by Crippen LogP contribution is -2.58. The van der Waals surface area contributed by atoms with Crippen LogP contribution in [0.2, 0.25) is 0 Å². The molecule has 8 heteroatoms. The summed E-state index contributed by atoms with van der Waals surface area (Å²) >= 11 is 0. The summed E-state index contributed by atoms with van der Waals surface area (Å²) in [6.07, 6.45) is 7.01. The third kappa shape index (κ3) is 5.86. The van der Waals surface area contributed by atoms with E-state index in [1.54, 1.807) is 12.1 Å². The van der Waals surface area contributed by atoms with Crippen molar-refractivity contribution in [3.8, 4) is 0 Å². The molecule has 5 rings (SSSR count). The van der Waals surface area contributed by atoms with Crippen LogP contribution in [0.5, 0.6) is 0 Å². The van der Waals surface area contributed by atoms with E-state index in [0.717, 1.165) is 18.5 Å². The summed E-state index contributed by atoms with van der Waals surface area (Å²) in [6.45, 7) is 6.00. The van der Waals surface area contributed by atoms with E-state index in [1.165, 1.54) is 38.2 Å². The smallest absolute Gasteiger partial charge is 0.241 e. The molecule has 2 saturated heterocycles. The average molecular weight is 522 g/mol. The molecule has 0 aromatic heterocycles. The maximum atomic E-state index is 15.2. The van der Waals surface area contributed by atoms with Crippen molar-refractivity contribution in [3.63, 3.8) is 0 Å². The Morgan fingerprint density at radius 1 is 0.947 bits per heavy atom. The molecule has 0 radical (unpaired) electrons. The van der Waals surface area contributed by atoms with Crippen LogP contribution in [0.4, 0.5) is 15.8 Å². The number of carbonyl (C=O) groups excluding carboxylic acids is 2. The number of benzene rings is 2. The molecule has 2 aliphatic heterocycles. The number of amides is 2. The first-order chi connectivity index (χ1) is 18.5. The fourth-order valence-electron chi connectivity index (χ4n) is 6.26. The van der Waals surface area contributed by atoms with Gasteiger partial charge in [0.15, 0.2) is 0 Å². The first-order valence-electron chi connectivity index (χ1n) is 14.2. The van der Waals surface area contributed by atoms with Crippen molar-refractivity contribution in [1.82, 2.24) is 15.1 Å². The molecule has 2 heterocycles. The van der Waals surface area contributed by atoms with E-state index in [4.69, 9.17) is 0 Å². The van der Waals surface area contributed by atoms with Gasteiger partial charge >= 0.3 is 0 Å². The summed E-state index contributed by atoms with van der Waals surface area (Å²) in [5.74, 6) is -0.371. The number of likely N-dealkylation sites (tertiary alicyclic amines) is 1. The topological polar surface area (TPSA) is 67.9 Å². The summed E-state index contributed by atoms with van der Waals surface area (Å²) in [5.41, 5.74) is 2.00. The van der Waals surface area contributed by atoms with E-state index in [9.17, 15) is 9.59 Å². The molecule has 2 aromatic rings. The van der Waals surface area contributed by atoms with Crippen molar-refractivity contribution < 1.29 is 14.0 Å². The lowest BCUT2D eigenvalue weighted by Gasteiger charge is -2.46. The molecule has 3 aliphatic rings. The number of rotatable bonds is 8. The maximum Gasteiger partial charge on any atom is 0.241 e. The van der Waals surface area contributed by atoms with Gasteiger partial charge in [0.1, 0.15) is 11.9 Å². The summed E-state index contributed by atoms with van der Waals surface area (Å²) in [7, 11) is 0. The number of nitrogens with zero attached hydrogens (tertiary/aromatic N) is 3. The van der Waals surface area contributed by atoms with Gasteiger partial charge in [-0.1, -0.05) is 49.6 Å². The van der Waals surface area contributed by atoms with Gasteiger partial charge in [-0.25, -0.2) is 4.39 Å². The highest BCUT2D eigenvalue weighted by molar-refractivity contribution is 5.95. The second-order valence-electron chi connectivity index (χ2n) is 10.7. The highest BCUT2D eigenvalue weighted by Crippen LogP contribution is 2.32. The zero-order chi connectivity index (χ0) is 26.5. The average Bonchev–Trinajstić information content (AvgIpc) is 2.90. The summed E-state index contributed by atoms with van der Waals surface area (Å²) in [5, 5.41) is 5.92. The largest absolute Gasteiger partial charge is 0.367 e. The Morgan fingerprint density at radius 3 is 2.32 bits per heavy atom. The van der Waals surface area contributed by atoms with Gasteiger partial charge < -0.3 is 15.5 Å². The van der Waals surface area contributed by atoms with E-state index < -0.39 is 0 Å². The number of likely N-dealkylation sites (N-methyl/N-ethyl adjacent to an activating group) is 1. The van der Waals surface area contributed by atoms with Gasteiger partial charge in [0, 0.05) is 51.0 Å².